The first-order valence-corrected chi connectivity index (χ1v) is 9.72. The fourth-order valence-electron chi connectivity index (χ4n) is 2.79. The van der Waals surface area contributed by atoms with Crippen LogP contribution in [0.1, 0.15) is 24.0 Å². The maximum absolute atomic E-state index is 12.0. The minimum Gasteiger partial charge on any atom is -0.311 e. The SMILES string of the molecule is CSc1ccccc1C#C/C=C\C#Cc1ccccc1N1CCCC1=O. The van der Waals surface area contributed by atoms with Gasteiger partial charge in [0.2, 0.25) is 5.91 Å². The molecule has 3 heteroatoms. The number of anilines is 1. The topological polar surface area (TPSA) is 20.3 Å². The van der Waals surface area contributed by atoms with Crippen molar-refractivity contribution < 1.29 is 4.79 Å². The Bertz CT molecular complexity index is 953. The van der Waals surface area contributed by atoms with Crippen molar-refractivity contribution in [3.8, 4) is 23.7 Å². The molecule has 0 spiro atoms. The summed E-state index contributed by atoms with van der Waals surface area (Å²) in [5, 5.41) is 0. The van der Waals surface area contributed by atoms with Gasteiger partial charge in [0.05, 0.1) is 5.69 Å². The van der Waals surface area contributed by atoms with Crippen LogP contribution in [-0.2, 0) is 4.79 Å². The van der Waals surface area contributed by atoms with Crippen molar-refractivity contribution in [2.45, 2.75) is 17.7 Å². The Balaban J connectivity index is 1.73. The molecule has 1 heterocycles. The van der Waals surface area contributed by atoms with Crippen LogP contribution in [0.4, 0.5) is 5.69 Å². The Morgan fingerprint density at radius 2 is 1.62 bits per heavy atom. The van der Waals surface area contributed by atoms with Crippen LogP contribution in [0.25, 0.3) is 0 Å². The zero-order valence-electron chi connectivity index (χ0n) is 14.7. The quantitative estimate of drug-likeness (QED) is 0.583. The summed E-state index contributed by atoms with van der Waals surface area (Å²) in [7, 11) is 0. The van der Waals surface area contributed by atoms with Crippen LogP contribution in [0, 0.1) is 23.7 Å². The molecule has 0 atom stereocenters. The number of thioether (sulfide) groups is 1. The van der Waals surface area contributed by atoms with Gasteiger partial charge in [-0.05, 0) is 49.1 Å². The molecule has 0 saturated carbocycles. The lowest BCUT2D eigenvalue weighted by atomic mass is 10.1. The Labute approximate surface area is 159 Å². The number of carbonyl (C=O) groups excluding carboxylic acids is 1. The summed E-state index contributed by atoms with van der Waals surface area (Å²) >= 11 is 1.69. The standard InChI is InChI=1S/C23H19NOS/c1-26-22-16-9-7-14-20(22)13-5-3-2-4-11-19-12-6-8-15-21(19)24-18-10-17-23(24)25/h2-3,6-9,12,14-16H,10,17-18H2,1H3/b3-2-. The molecule has 3 rings (SSSR count). The largest absolute Gasteiger partial charge is 0.311 e. The van der Waals surface area contributed by atoms with Gasteiger partial charge in [0.15, 0.2) is 0 Å². The van der Waals surface area contributed by atoms with Gasteiger partial charge in [-0.3, -0.25) is 4.79 Å². The summed E-state index contributed by atoms with van der Waals surface area (Å²) in [6.45, 7) is 0.772. The highest BCUT2D eigenvalue weighted by atomic mass is 32.2. The van der Waals surface area contributed by atoms with Crippen molar-refractivity contribution in [2.24, 2.45) is 0 Å². The summed E-state index contributed by atoms with van der Waals surface area (Å²) < 4.78 is 0. The van der Waals surface area contributed by atoms with Gasteiger partial charge in [-0.2, -0.15) is 0 Å². The highest BCUT2D eigenvalue weighted by Crippen LogP contribution is 2.24. The fraction of sp³-hybridized carbons (Fsp3) is 0.174. The molecule has 0 N–H and O–H groups in total. The molecule has 0 unspecified atom stereocenters. The first-order chi connectivity index (χ1) is 12.8. The third-order valence-corrected chi connectivity index (χ3v) is 4.83. The number of hydrogen-bond acceptors (Lipinski definition) is 2. The molecule has 2 aromatic rings. The lowest BCUT2D eigenvalue weighted by Crippen LogP contribution is -2.24. The normalized spacial score (nSPS) is 13.3. The van der Waals surface area contributed by atoms with E-state index in [-0.39, 0.29) is 5.91 Å². The highest BCUT2D eigenvalue weighted by Gasteiger charge is 2.22. The molecular formula is C23H19NOS. The van der Waals surface area contributed by atoms with Crippen LogP contribution < -0.4 is 4.90 Å². The number of allylic oxidation sites excluding steroid dienone is 2. The summed E-state index contributed by atoms with van der Waals surface area (Å²) in [6.07, 6.45) is 7.08. The average molecular weight is 357 g/mol. The van der Waals surface area contributed by atoms with Crippen molar-refractivity contribution in [3.05, 3.63) is 71.8 Å². The van der Waals surface area contributed by atoms with Crippen LogP contribution in [0.15, 0.2) is 65.6 Å². The molecule has 1 aliphatic heterocycles. The lowest BCUT2D eigenvalue weighted by molar-refractivity contribution is -0.117. The molecule has 2 aromatic carbocycles. The molecule has 26 heavy (non-hydrogen) atoms. The number of amides is 1. The van der Waals surface area contributed by atoms with Gasteiger partial charge in [-0.1, -0.05) is 47.9 Å². The molecule has 0 radical (unpaired) electrons. The minimum absolute atomic E-state index is 0.174. The molecular weight excluding hydrogens is 338 g/mol. The van der Waals surface area contributed by atoms with Crippen molar-refractivity contribution in [1.29, 1.82) is 0 Å². The molecule has 128 valence electrons. The van der Waals surface area contributed by atoms with E-state index in [1.807, 2.05) is 53.6 Å². The van der Waals surface area contributed by atoms with E-state index in [1.54, 1.807) is 23.9 Å². The third-order valence-electron chi connectivity index (χ3n) is 4.04. The predicted octanol–water partition coefficient (Wildman–Crippen LogP) is 4.49. The van der Waals surface area contributed by atoms with Crippen molar-refractivity contribution in [3.63, 3.8) is 0 Å². The molecule has 1 fully saturated rings. The molecule has 1 saturated heterocycles. The first-order valence-electron chi connectivity index (χ1n) is 8.50. The van der Waals surface area contributed by atoms with Crippen molar-refractivity contribution in [1.82, 2.24) is 0 Å². The molecule has 2 nitrogen and oxygen atoms in total. The van der Waals surface area contributed by atoms with E-state index < -0.39 is 0 Å². The highest BCUT2D eigenvalue weighted by molar-refractivity contribution is 7.98. The van der Waals surface area contributed by atoms with Gasteiger partial charge < -0.3 is 4.90 Å². The first kappa shape index (κ1) is 17.9. The zero-order chi connectivity index (χ0) is 18.2. The van der Waals surface area contributed by atoms with Gasteiger partial charge in [0.25, 0.3) is 0 Å². The maximum atomic E-state index is 12.0. The molecule has 0 bridgehead atoms. The zero-order valence-corrected chi connectivity index (χ0v) is 15.5. The van der Waals surface area contributed by atoms with Crippen LogP contribution in [0.2, 0.25) is 0 Å². The second-order valence-corrected chi connectivity index (χ2v) is 6.59. The predicted molar refractivity (Wildman–Crippen MR) is 109 cm³/mol. The van der Waals surface area contributed by atoms with Gasteiger partial charge in [-0.15, -0.1) is 11.8 Å². The van der Waals surface area contributed by atoms with Gasteiger partial charge in [-0.25, -0.2) is 0 Å². The average Bonchev–Trinajstić information content (AvgIpc) is 3.11. The van der Waals surface area contributed by atoms with E-state index in [0.29, 0.717) is 6.42 Å². The Hall–Kier alpha value is -2.88. The van der Waals surface area contributed by atoms with E-state index in [2.05, 4.69) is 29.7 Å². The van der Waals surface area contributed by atoms with Gasteiger partial charge in [0, 0.05) is 29.0 Å². The van der Waals surface area contributed by atoms with Gasteiger partial charge >= 0.3 is 0 Å². The summed E-state index contributed by atoms with van der Waals surface area (Å²) in [4.78, 5) is 15.0. The minimum atomic E-state index is 0.174. The molecule has 0 aromatic heterocycles. The second kappa shape index (κ2) is 8.99. The maximum Gasteiger partial charge on any atom is 0.227 e. The van der Waals surface area contributed by atoms with Crippen LogP contribution in [-0.4, -0.2) is 18.7 Å². The molecule has 1 aliphatic rings. The summed E-state index contributed by atoms with van der Waals surface area (Å²) in [5.74, 6) is 12.5. The van der Waals surface area contributed by atoms with E-state index >= 15 is 0 Å². The molecule has 1 amide bonds. The van der Waals surface area contributed by atoms with Gasteiger partial charge in [0.1, 0.15) is 0 Å². The Morgan fingerprint density at radius 3 is 2.31 bits per heavy atom. The van der Waals surface area contributed by atoms with Crippen molar-refractivity contribution in [2.75, 3.05) is 17.7 Å². The third kappa shape index (κ3) is 4.39. The van der Waals surface area contributed by atoms with E-state index in [9.17, 15) is 4.79 Å². The summed E-state index contributed by atoms with van der Waals surface area (Å²) in [5.41, 5.74) is 2.79. The van der Waals surface area contributed by atoms with Crippen LogP contribution in [0.5, 0.6) is 0 Å². The number of carbonyl (C=O) groups is 1. The van der Waals surface area contributed by atoms with Crippen LogP contribution in [0.3, 0.4) is 0 Å². The number of rotatable bonds is 2. The number of hydrogen-bond donors (Lipinski definition) is 0. The van der Waals surface area contributed by atoms with E-state index in [4.69, 9.17) is 0 Å². The number of benzene rings is 2. The fourth-order valence-corrected chi connectivity index (χ4v) is 3.34. The summed E-state index contributed by atoms with van der Waals surface area (Å²) in [6, 6.07) is 15.9. The lowest BCUT2D eigenvalue weighted by Gasteiger charge is -2.17. The monoisotopic (exact) mass is 357 g/mol. The van der Waals surface area contributed by atoms with E-state index in [1.165, 1.54) is 4.90 Å². The van der Waals surface area contributed by atoms with Crippen LogP contribution >= 0.6 is 11.8 Å². The Kier molecular flexibility index (Phi) is 6.20. The molecule has 0 aliphatic carbocycles. The smallest absolute Gasteiger partial charge is 0.227 e. The van der Waals surface area contributed by atoms with E-state index in [0.717, 1.165) is 29.8 Å². The second-order valence-electron chi connectivity index (χ2n) is 5.74. The van der Waals surface area contributed by atoms with Crippen molar-refractivity contribution >= 4 is 23.4 Å². The number of para-hydroxylation sites is 1. The number of nitrogens with zero attached hydrogens (tertiary/aromatic N) is 1. The Morgan fingerprint density at radius 1 is 0.962 bits per heavy atom.